The molecule has 1 aromatic rings. The number of nitrogens with zero attached hydrogens (tertiary/aromatic N) is 2. The maximum Gasteiger partial charge on any atom is 0.414 e. The van der Waals surface area contributed by atoms with Gasteiger partial charge in [0.2, 0.25) is 0 Å². The quantitative estimate of drug-likeness (QED) is 0.717. The number of rotatable bonds is 3. The Bertz CT molecular complexity index is 707. The summed E-state index contributed by atoms with van der Waals surface area (Å²) in [6.07, 6.45) is -1.17. The van der Waals surface area contributed by atoms with Crippen molar-refractivity contribution in [2.45, 2.75) is 18.2 Å². The average molecular weight is 353 g/mol. The molecule has 1 aromatic carbocycles. The van der Waals surface area contributed by atoms with Crippen molar-refractivity contribution < 1.29 is 23.1 Å². The van der Waals surface area contributed by atoms with Gasteiger partial charge < -0.3 is 26.0 Å². The summed E-state index contributed by atoms with van der Waals surface area (Å²) in [6.45, 7) is 0.896. The number of ether oxygens (including phenoxy) is 1. The summed E-state index contributed by atoms with van der Waals surface area (Å²) >= 11 is 0. The number of nitrogens with one attached hydrogen (secondary N) is 2. The largest absolute Gasteiger partial charge is 0.443 e. The minimum absolute atomic E-state index is 0.0884. The molecule has 3 aliphatic heterocycles. The smallest absolute Gasteiger partial charge is 0.414 e. The molecule has 3 fully saturated rings. The molecule has 2 unspecified atom stereocenters. The zero-order valence-electron chi connectivity index (χ0n) is 13.2. The summed E-state index contributed by atoms with van der Waals surface area (Å²) in [5.41, 5.74) is 5.38. The van der Waals surface area contributed by atoms with Gasteiger partial charge in [0.25, 0.3) is 0 Å². The molecular weight excluding hydrogens is 336 g/mol. The van der Waals surface area contributed by atoms with Gasteiger partial charge in [-0.1, -0.05) is 0 Å². The summed E-state index contributed by atoms with van der Waals surface area (Å²) in [4.78, 5) is 25.8. The number of amides is 3. The summed E-state index contributed by atoms with van der Waals surface area (Å²) in [6, 6.07) is 1.57. The number of cyclic esters (lactones) is 1. The van der Waals surface area contributed by atoms with Gasteiger partial charge in [0.15, 0.2) is 11.6 Å². The van der Waals surface area contributed by atoms with E-state index < -0.39 is 23.8 Å². The van der Waals surface area contributed by atoms with Crippen LogP contribution in [0.25, 0.3) is 0 Å². The molecule has 0 saturated carbocycles. The Morgan fingerprint density at radius 2 is 1.72 bits per heavy atom. The first-order valence-corrected chi connectivity index (χ1v) is 7.95. The molecule has 0 aromatic heterocycles. The number of hydrogen-bond donors (Lipinski definition) is 3. The van der Waals surface area contributed by atoms with E-state index in [1.54, 1.807) is 4.90 Å². The summed E-state index contributed by atoms with van der Waals surface area (Å²) in [5, 5.41) is 5.42. The molecule has 0 spiro atoms. The number of carbonyl (C=O) groups excluding carboxylic acids is 2. The van der Waals surface area contributed by atoms with Crippen molar-refractivity contribution in [3.63, 3.8) is 0 Å². The fourth-order valence-electron chi connectivity index (χ4n) is 3.52. The number of benzene rings is 1. The number of urea groups is 1. The number of fused-ring (bicyclic) bond motifs is 1. The fraction of sp³-hybridized carbons (Fsp3) is 0.467. The lowest BCUT2D eigenvalue weighted by Crippen LogP contribution is -2.35. The van der Waals surface area contributed by atoms with E-state index in [0.29, 0.717) is 13.1 Å². The Labute approximate surface area is 141 Å². The van der Waals surface area contributed by atoms with Gasteiger partial charge in [0, 0.05) is 31.8 Å². The highest BCUT2D eigenvalue weighted by molar-refractivity contribution is 5.90. The van der Waals surface area contributed by atoms with Gasteiger partial charge in [-0.3, -0.25) is 4.90 Å². The van der Waals surface area contributed by atoms with Crippen LogP contribution in [0.5, 0.6) is 0 Å². The Morgan fingerprint density at radius 1 is 1.12 bits per heavy atom. The molecule has 4 N–H and O–H groups in total. The number of hydrogen-bond acceptors (Lipinski definition) is 5. The molecule has 0 bridgehead atoms. The molecule has 25 heavy (non-hydrogen) atoms. The third-order valence-corrected chi connectivity index (χ3v) is 4.72. The van der Waals surface area contributed by atoms with Crippen molar-refractivity contribution in [2.24, 2.45) is 5.73 Å². The molecule has 8 nitrogen and oxygen atoms in total. The van der Waals surface area contributed by atoms with Crippen LogP contribution in [0.2, 0.25) is 0 Å². The van der Waals surface area contributed by atoms with E-state index in [2.05, 4.69) is 10.6 Å². The number of carbonyl (C=O) groups is 2. The van der Waals surface area contributed by atoms with E-state index in [-0.39, 0.29) is 42.6 Å². The van der Waals surface area contributed by atoms with Crippen LogP contribution in [0.4, 0.5) is 29.7 Å². The topological polar surface area (TPSA) is 99.9 Å². The summed E-state index contributed by atoms with van der Waals surface area (Å²) < 4.78 is 34.2. The van der Waals surface area contributed by atoms with Crippen LogP contribution >= 0.6 is 0 Å². The second-order valence-electron chi connectivity index (χ2n) is 6.35. The SMILES string of the molecule is NC[C@H]1CN(c2cc(F)c(N3CC4NC(=O)NC4C3)c(F)c2)C(=O)O1. The molecule has 3 heterocycles. The first-order valence-electron chi connectivity index (χ1n) is 7.95. The standard InChI is InChI=1S/C15H17F2N5O3/c16-9-1-7(22-4-8(3-18)25-15(22)24)2-10(17)13(9)21-5-11-12(6-21)20-14(23)19-11/h1-2,8,11-12H,3-6,18H2,(H2,19,20,23)/t8-,11?,12?/m0/s1. The van der Waals surface area contributed by atoms with Crippen LogP contribution < -0.4 is 26.2 Å². The maximum atomic E-state index is 14.6. The molecule has 4 rings (SSSR count). The van der Waals surface area contributed by atoms with E-state index in [1.807, 2.05) is 0 Å². The zero-order valence-corrected chi connectivity index (χ0v) is 13.2. The van der Waals surface area contributed by atoms with Crippen molar-refractivity contribution >= 4 is 23.5 Å². The predicted molar refractivity (Wildman–Crippen MR) is 84.5 cm³/mol. The normalized spacial score (nSPS) is 28.0. The van der Waals surface area contributed by atoms with Gasteiger partial charge in [0.05, 0.1) is 24.3 Å². The second kappa shape index (κ2) is 5.73. The molecule has 134 valence electrons. The zero-order chi connectivity index (χ0) is 17.7. The van der Waals surface area contributed by atoms with Crippen LogP contribution in [-0.2, 0) is 4.74 Å². The Morgan fingerprint density at radius 3 is 2.24 bits per heavy atom. The lowest BCUT2D eigenvalue weighted by molar-refractivity contribution is 0.145. The van der Waals surface area contributed by atoms with Gasteiger partial charge in [-0.25, -0.2) is 18.4 Å². The lowest BCUT2D eigenvalue weighted by Gasteiger charge is -2.22. The highest BCUT2D eigenvalue weighted by Crippen LogP contribution is 2.33. The second-order valence-corrected chi connectivity index (χ2v) is 6.35. The third kappa shape index (κ3) is 2.62. The first-order chi connectivity index (χ1) is 12.0. The van der Waals surface area contributed by atoms with Crippen molar-refractivity contribution in [3.8, 4) is 0 Å². The van der Waals surface area contributed by atoms with Crippen molar-refractivity contribution in [1.82, 2.24) is 10.6 Å². The molecule has 3 saturated heterocycles. The highest BCUT2D eigenvalue weighted by Gasteiger charge is 2.41. The Hall–Kier alpha value is -2.62. The Kier molecular flexibility index (Phi) is 3.64. The highest BCUT2D eigenvalue weighted by atomic mass is 19.1. The molecule has 0 radical (unpaired) electrons. The fourth-order valence-corrected chi connectivity index (χ4v) is 3.52. The van der Waals surface area contributed by atoms with Crippen LogP contribution in [0.1, 0.15) is 0 Å². The van der Waals surface area contributed by atoms with E-state index >= 15 is 0 Å². The lowest BCUT2D eigenvalue weighted by atomic mass is 10.2. The van der Waals surface area contributed by atoms with E-state index in [9.17, 15) is 18.4 Å². The monoisotopic (exact) mass is 353 g/mol. The minimum atomic E-state index is -0.773. The van der Waals surface area contributed by atoms with Gasteiger partial charge >= 0.3 is 12.1 Å². The molecule has 10 heteroatoms. The van der Waals surface area contributed by atoms with E-state index in [1.165, 1.54) is 0 Å². The van der Waals surface area contributed by atoms with E-state index in [4.69, 9.17) is 10.5 Å². The first kappa shape index (κ1) is 15.9. The van der Waals surface area contributed by atoms with Crippen molar-refractivity contribution in [1.29, 1.82) is 0 Å². The average Bonchev–Trinajstić information content (AvgIpc) is 3.19. The summed E-state index contributed by atoms with van der Waals surface area (Å²) in [7, 11) is 0. The maximum absolute atomic E-state index is 14.6. The third-order valence-electron chi connectivity index (χ3n) is 4.72. The molecule has 3 atom stereocenters. The number of nitrogens with two attached hydrogens (primary N) is 1. The van der Waals surface area contributed by atoms with Crippen LogP contribution in [0.15, 0.2) is 12.1 Å². The summed E-state index contributed by atoms with van der Waals surface area (Å²) in [5.74, 6) is -1.55. The molecule has 3 aliphatic rings. The number of halogens is 2. The van der Waals surface area contributed by atoms with Gasteiger partial charge in [-0.15, -0.1) is 0 Å². The Balaban J connectivity index is 1.58. The van der Waals surface area contributed by atoms with Crippen molar-refractivity contribution in [3.05, 3.63) is 23.8 Å². The predicted octanol–water partition coefficient (Wildman–Crippen LogP) is 0.119. The van der Waals surface area contributed by atoms with Crippen molar-refractivity contribution in [2.75, 3.05) is 36.0 Å². The molecular formula is C15H17F2N5O3. The van der Waals surface area contributed by atoms with E-state index in [0.717, 1.165) is 17.0 Å². The van der Waals surface area contributed by atoms with Crippen LogP contribution in [0.3, 0.4) is 0 Å². The van der Waals surface area contributed by atoms with Crippen LogP contribution in [-0.4, -0.2) is 56.5 Å². The van der Waals surface area contributed by atoms with Crippen LogP contribution in [0, 0.1) is 11.6 Å². The molecule has 0 aliphatic carbocycles. The van der Waals surface area contributed by atoms with Gasteiger partial charge in [-0.2, -0.15) is 0 Å². The molecule has 3 amide bonds. The number of anilines is 2. The van der Waals surface area contributed by atoms with Gasteiger partial charge in [0.1, 0.15) is 11.8 Å². The minimum Gasteiger partial charge on any atom is -0.443 e. The van der Waals surface area contributed by atoms with Gasteiger partial charge in [-0.05, 0) is 0 Å².